The Bertz CT molecular complexity index is 1200. The van der Waals surface area contributed by atoms with Crippen LogP contribution in [0.5, 0.6) is 0 Å². The number of carbonyl (C=O) groups is 1. The summed E-state index contributed by atoms with van der Waals surface area (Å²) in [5.74, 6) is -0.330. The maximum absolute atomic E-state index is 12.7. The maximum Gasteiger partial charge on any atom is 0.226 e. The Morgan fingerprint density at radius 3 is 2.55 bits per heavy atom. The van der Waals surface area contributed by atoms with Crippen LogP contribution in [-0.4, -0.2) is 28.7 Å². The second kappa shape index (κ2) is 9.36. The molecule has 0 spiro atoms. The highest BCUT2D eigenvalue weighted by molar-refractivity contribution is 6.33. The third-order valence-electron chi connectivity index (χ3n) is 4.74. The molecule has 3 aromatic rings. The van der Waals surface area contributed by atoms with Gasteiger partial charge >= 0.3 is 0 Å². The minimum Gasteiger partial charge on any atom is -0.427 e. The number of nitrogen functional groups attached to an aromatic ring is 2. The fourth-order valence-corrected chi connectivity index (χ4v) is 3.48. The van der Waals surface area contributed by atoms with E-state index in [9.17, 15) is 10.0 Å². The lowest BCUT2D eigenvalue weighted by Gasteiger charge is -2.16. The Morgan fingerprint density at radius 2 is 1.94 bits per heavy atom. The lowest BCUT2D eigenvalue weighted by molar-refractivity contribution is -0.120. The maximum atomic E-state index is 12.7. The van der Waals surface area contributed by atoms with Gasteiger partial charge in [0.05, 0.1) is 17.1 Å². The van der Waals surface area contributed by atoms with Gasteiger partial charge < -0.3 is 22.0 Å². The molecule has 0 fully saturated rings. The van der Waals surface area contributed by atoms with Crippen LogP contribution in [0.25, 0.3) is 11.1 Å². The molecule has 2 aromatic carbocycles. The number of hydrogen-bond acceptors (Lipinski definition) is 5. The SMILES string of the molecule is CN=c1cc(Cl)c(-c2cccc(N)c2)c(CC(=O)NCc2ccc(C(=N)N)cc2)n1O. The molecule has 0 atom stereocenters. The van der Waals surface area contributed by atoms with Gasteiger partial charge in [-0.3, -0.25) is 15.2 Å². The first-order valence-corrected chi connectivity index (χ1v) is 9.80. The highest BCUT2D eigenvalue weighted by Crippen LogP contribution is 2.31. The number of hydrogen-bond donors (Lipinski definition) is 5. The Hall–Kier alpha value is -3.78. The average molecular weight is 439 g/mol. The normalized spacial score (nSPS) is 11.4. The lowest BCUT2D eigenvalue weighted by atomic mass is 10.0. The number of carbonyl (C=O) groups excluding carboxylic acids is 1. The molecule has 8 nitrogen and oxygen atoms in total. The Kier molecular flexibility index (Phi) is 6.61. The van der Waals surface area contributed by atoms with E-state index in [1.165, 1.54) is 13.1 Å². The lowest BCUT2D eigenvalue weighted by Crippen LogP contribution is -2.30. The topological polar surface area (TPSA) is 143 Å². The van der Waals surface area contributed by atoms with Crippen molar-refractivity contribution < 1.29 is 10.0 Å². The molecule has 0 aliphatic rings. The molecule has 7 N–H and O–H groups in total. The first kappa shape index (κ1) is 21.9. The van der Waals surface area contributed by atoms with Crippen LogP contribution in [0, 0.1) is 5.41 Å². The second-order valence-electron chi connectivity index (χ2n) is 6.90. The number of nitrogens with two attached hydrogens (primary N) is 2. The minimum absolute atomic E-state index is 0.0183. The summed E-state index contributed by atoms with van der Waals surface area (Å²) in [6, 6.07) is 15.6. The van der Waals surface area contributed by atoms with Crippen molar-refractivity contribution in [3.63, 3.8) is 0 Å². The molecule has 0 aliphatic carbocycles. The van der Waals surface area contributed by atoms with E-state index in [1.807, 2.05) is 0 Å². The van der Waals surface area contributed by atoms with E-state index >= 15 is 0 Å². The van der Waals surface area contributed by atoms with Crippen molar-refractivity contribution in [2.45, 2.75) is 13.0 Å². The van der Waals surface area contributed by atoms with Gasteiger partial charge in [0.15, 0.2) is 5.49 Å². The molecule has 1 heterocycles. The van der Waals surface area contributed by atoms with Gasteiger partial charge in [-0.15, -0.1) is 0 Å². The second-order valence-corrected chi connectivity index (χ2v) is 7.30. The summed E-state index contributed by atoms with van der Waals surface area (Å²) < 4.78 is 0.867. The monoisotopic (exact) mass is 438 g/mol. The van der Waals surface area contributed by atoms with Crippen LogP contribution in [0.3, 0.4) is 0 Å². The number of anilines is 1. The van der Waals surface area contributed by atoms with Gasteiger partial charge in [0.1, 0.15) is 5.84 Å². The van der Waals surface area contributed by atoms with Crippen LogP contribution >= 0.6 is 11.6 Å². The van der Waals surface area contributed by atoms with Gasteiger partial charge in [-0.05, 0) is 23.3 Å². The van der Waals surface area contributed by atoms with Gasteiger partial charge in [0, 0.05) is 36.5 Å². The van der Waals surface area contributed by atoms with Crippen molar-refractivity contribution in [3.05, 3.63) is 81.9 Å². The molecule has 0 radical (unpaired) electrons. The summed E-state index contributed by atoms with van der Waals surface area (Å²) in [5.41, 5.74) is 15.0. The number of aromatic nitrogens is 1. The van der Waals surface area contributed by atoms with Crippen molar-refractivity contribution >= 4 is 29.0 Å². The molecule has 9 heteroatoms. The quantitative estimate of drug-likeness (QED) is 0.174. The summed E-state index contributed by atoms with van der Waals surface area (Å²) in [5, 5.41) is 21.3. The highest BCUT2D eigenvalue weighted by atomic mass is 35.5. The van der Waals surface area contributed by atoms with Gasteiger partial charge in [-0.25, -0.2) is 0 Å². The molecule has 0 saturated carbocycles. The number of halogens is 1. The molecule has 0 saturated heterocycles. The van der Waals surface area contributed by atoms with E-state index in [1.54, 1.807) is 48.5 Å². The molecule has 1 amide bonds. The molecular weight excluding hydrogens is 416 g/mol. The van der Waals surface area contributed by atoms with Crippen LogP contribution in [0.4, 0.5) is 5.69 Å². The zero-order valence-electron chi connectivity index (χ0n) is 16.9. The molecule has 31 heavy (non-hydrogen) atoms. The first-order valence-electron chi connectivity index (χ1n) is 9.42. The van der Waals surface area contributed by atoms with E-state index in [4.69, 9.17) is 28.5 Å². The predicted molar refractivity (Wildman–Crippen MR) is 121 cm³/mol. The third kappa shape index (κ3) is 5.04. The molecule has 1 aromatic heterocycles. The van der Waals surface area contributed by atoms with Gasteiger partial charge in [-0.1, -0.05) is 48.0 Å². The number of nitrogens with zero attached hydrogens (tertiary/aromatic N) is 2. The summed E-state index contributed by atoms with van der Waals surface area (Å²) in [4.78, 5) is 16.7. The predicted octanol–water partition coefficient (Wildman–Crippen LogP) is 2.30. The molecule has 3 rings (SSSR count). The zero-order valence-corrected chi connectivity index (χ0v) is 17.6. The first-order chi connectivity index (χ1) is 14.8. The average Bonchev–Trinajstić information content (AvgIpc) is 2.75. The van der Waals surface area contributed by atoms with Crippen LogP contribution in [-0.2, 0) is 17.8 Å². The summed E-state index contributed by atoms with van der Waals surface area (Å²) >= 11 is 6.48. The van der Waals surface area contributed by atoms with Crippen molar-refractivity contribution in [1.82, 2.24) is 10.0 Å². The number of pyridine rings is 1. The van der Waals surface area contributed by atoms with E-state index in [-0.39, 0.29) is 30.2 Å². The Balaban J connectivity index is 1.88. The third-order valence-corrected chi connectivity index (χ3v) is 5.04. The van der Waals surface area contributed by atoms with E-state index in [0.29, 0.717) is 33.1 Å². The van der Waals surface area contributed by atoms with E-state index < -0.39 is 0 Å². The fraction of sp³-hybridized carbons (Fsp3) is 0.136. The number of benzene rings is 2. The zero-order chi connectivity index (χ0) is 22.5. The van der Waals surface area contributed by atoms with Crippen LogP contribution in [0.2, 0.25) is 5.02 Å². The van der Waals surface area contributed by atoms with Crippen molar-refractivity contribution in [2.75, 3.05) is 12.8 Å². The van der Waals surface area contributed by atoms with Gasteiger partial charge in [0.2, 0.25) is 5.91 Å². The number of amidine groups is 1. The summed E-state index contributed by atoms with van der Waals surface area (Å²) in [6.07, 6.45) is -0.130. The van der Waals surface area contributed by atoms with Crippen molar-refractivity contribution in [3.8, 4) is 11.1 Å². The van der Waals surface area contributed by atoms with Crippen LogP contribution in [0.15, 0.2) is 59.6 Å². The van der Waals surface area contributed by atoms with Crippen LogP contribution < -0.4 is 22.3 Å². The molecule has 0 bridgehead atoms. The van der Waals surface area contributed by atoms with Crippen molar-refractivity contribution in [1.29, 1.82) is 5.41 Å². The molecular formula is C22H23ClN6O2. The van der Waals surface area contributed by atoms with Gasteiger partial charge in [-0.2, -0.15) is 4.73 Å². The number of amides is 1. The van der Waals surface area contributed by atoms with Crippen LogP contribution in [0.1, 0.15) is 16.8 Å². The largest absolute Gasteiger partial charge is 0.427 e. The van der Waals surface area contributed by atoms with Gasteiger partial charge in [0.25, 0.3) is 0 Å². The number of rotatable bonds is 6. The smallest absolute Gasteiger partial charge is 0.226 e. The summed E-state index contributed by atoms with van der Waals surface area (Å²) in [7, 11) is 1.52. The Morgan fingerprint density at radius 1 is 1.23 bits per heavy atom. The molecule has 0 unspecified atom stereocenters. The fourth-order valence-electron chi connectivity index (χ4n) is 3.17. The minimum atomic E-state index is -0.312. The Labute approximate surface area is 184 Å². The molecule has 160 valence electrons. The van der Waals surface area contributed by atoms with Crippen molar-refractivity contribution in [2.24, 2.45) is 10.7 Å². The highest BCUT2D eigenvalue weighted by Gasteiger charge is 2.18. The summed E-state index contributed by atoms with van der Waals surface area (Å²) in [6.45, 7) is 0.279. The standard InChI is InChI=1S/C22H23ClN6O2/c1-27-19-10-17(23)21(15-3-2-4-16(24)9-15)18(29(19)31)11-20(30)28-12-13-5-7-14(8-6-13)22(25)26/h2-10,31H,11-12,24H2,1H3,(H3,25,26)(H,28,30). The number of nitrogens with one attached hydrogen (secondary N) is 2. The molecule has 0 aliphatic heterocycles. The van der Waals surface area contributed by atoms with E-state index in [0.717, 1.165) is 10.3 Å². The van der Waals surface area contributed by atoms with E-state index in [2.05, 4.69) is 10.3 Å².